The van der Waals surface area contributed by atoms with Gasteiger partial charge < -0.3 is 9.84 Å². The lowest BCUT2D eigenvalue weighted by atomic mass is 9.87. The highest BCUT2D eigenvalue weighted by molar-refractivity contribution is 5.79. The van der Waals surface area contributed by atoms with Gasteiger partial charge in [0.2, 0.25) is 0 Å². The largest absolute Gasteiger partial charge is 0.467 e. The van der Waals surface area contributed by atoms with Crippen LogP contribution in [0, 0.1) is 5.92 Å². The van der Waals surface area contributed by atoms with Crippen molar-refractivity contribution in [2.24, 2.45) is 5.92 Å². The number of methoxy groups -OCH3 is 1. The zero-order valence-corrected chi connectivity index (χ0v) is 10.4. The van der Waals surface area contributed by atoms with E-state index in [1.54, 1.807) is 0 Å². The fraction of sp³-hybridized carbons (Fsp3) is 0.917. The Labute approximate surface area is 92.8 Å². The molecule has 1 atom stereocenters. The highest BCUT2D eigenvalue weighted by Crippen LogP contribution is 2.24. The minimum absolute atomic E-state index is 0.288. The van der Waals surface area contributed by atoms with Gasteiger partial charge in [-0.3, -0.25) is 0 Å². The van der Waals surface area contributed by atoms with Crippen LogP contribution in [-0.2, 0) is 9.53 Å². The molecule has 0 spiro atoms. The molecule has 0 saturated heterocycles. The van der Waals surface area contributed by atoms with Crippen LogP contribution >= 0.6 is 0 Å². The Hall–Kier alpha value is -0.570. The van der Waals surface area contributed by atoms with Crippen LogP contribution in [-0.4, -0.2) is 23.8 Å². The average molecular weight is 216 g/mol. The molecule has 0 aliphatic carbocycles. The Kier molecular flexibility index (Phi) is 6.57. The van der Waals surface area contributed by atoms with Gasteiger partial charge in [-0.15, -0.1) is 0 Å². The number of hydrogen-bond acceptors (Lipinski definition) is 3. The second kappa shape index (κ2) is 6.83. The fourth-order valence-corrected chi connectivity index (χ4v) is 1.82. The van der Waals surface area contributed by atoms with Crippen molar-refractivity contribution in [1.82, 2.24) is 0 Å². The Bertz CT molecular complexity index is 189. The van der Waals surface area contributed by atoms with Crippen LogP contribution in [0.25, 0.3) is 0 Å². The molecule has 0 bridgehead atoms. The van der Waals surface area contributed by atoms with Gasteiger partial charge in [0.1, 0.15) is 0 Å². The molecule has 0 radical (unpaired) electrons. The van der Waals surface area contributed by atoms with Gasteiger partial charge >= 0.3 is 5.97 Å². The van der Waals surface area contributed by atoms with Gasteiger partial charge in [0.25, 0.3) is 0 Å². The van der Waals surface area contributed by atoms with Gasteiger partial charge in [-0.05, 0) is 25.2 Å². The van der Waals surface area contributed by atoms with Gasteiger partial charge in [-0.1, -0.05) is 33.6 Å². The average Bonchev–Trinajstić information content (AvgIpc) is 2.15. The first kappa shape index (κ1) is 14.4. The summed E-state index contributed by atoms with van der Waals surface area (Å²) >= 11 is 0. The van der Waals surface area contributed by atoms with Crippen LogP contribution < -0.4 is 0 Å². The minimum Gasteiger partial charge on any atom is -0.467 e. The number of hydrogen-bond donors (Lipinski definition) is 1. The van der Waals surface area contributed by atoms with Crippen molar-refractivity contribution in [3.63, 3.8) is 0 Å². The number of unbranched alkanes of at least 4 members (excludes halogenated alkanes) is 2. The Morgan fingerprint density at radius 3 is 2.40 bits per heavy atom. The molecule has 3 nitrogen and oxygen atoms in total. The van der Waals surface area contributed by atoms with E-state index in [9.17, 15) is 9.90 Å². The molecule has 15 heavy (non-hydrogen) atoms. The normalized spacial score (nSPS) is 15.1. The van der Waals surface area contributed by atoms with E-state index in [1.165, 1.54) is 7.11 Å². The molecular formula is C12H24O3. The lowest BCUT2D eigenvalue weighted by Gasteiger charge is -2.26. The van der Waals surface area contributed by atoms with Crippen molar-refractivity contribution >= 4 is 5.97 Å². The molecule has 0 aromatic rings. The lowest BCUT2D eigenvalue weighted by Crippen LogP contribution is -2.40. The van der Waals surface area contributed by atoms with Gasteiger partial charge in [0.05, 0.1) is 7.11 Å². The second-order valence-electron chi connectivity index (χ2n) is 4.58. The topological polar surface area (TPSA) is 46.5 Å². The quantitative estimate of drug-likeness (QED) is 0.525. The Balaban J connectivity index is 4.33. The third kappa shape index (κ3) is 5.17. The molecule has 90 valence electrons. The highest BCUT2D eigenvalue weighted by Gasteiger charge is 2.36. The lowest BCUT2D eigenvalue weighted by molar-refractivity contribution is -0.165. The maximum Gasteiger partial charge on any atom is 0.337 e. The minimum atomic E-state index is -1.28. The number of carbonyl (C=O) groups excluding carboxylic acids is 1. The number of aliphatic hydroxyl groups is 1. The zero-order chi connectivity index (χ0) is 11.9. The SMILES string of the molecule is CCCCCC(O)(CC(C)C)C(=O)OC. The van der Waals surface area contributed by atoms with E-state index in [2.05, 4.69) is 11.7 Å². The van der Waals surface area contributed by atoms with Crippen LogP contribution in [0.5, 0.6) is 0 Å². The smallest absolute Gasteiger partial charge is 0.337 e. The molecule has 0 aromatic heterocycles. The molecule has 0 saturated carbocycles. The fourth-order valence-electron chi connectivity index (χ4n) is 1.82. The third-order valence-corrected chi connectivity index (χ3v) is 2.51. The summed E-state index contributed by atoms with van der Waals surface area (Å²) in [5.74, 6) is -0.206. The number of rotatable bonds is 7. The molecule has 0 fully saturated rings. The van der Waals surface area contributed by atoms with Crippen molar-refractivity contribution in [2.45, 2.75) is 58.5 Å². The summed E-state index contributed by atoms with van der Waals surface area (Å²) in [5, 5.41) is 10.2. The molecule has 3 heteroatoms. The third-order valence-electron chi connectivity index (χ3n) is 2.51. The van der Waals surface area contributed by atoms with Crippen molar-refractivity contribution in [3.05, 3.63) is 0 Å². The van der Waals surface area contributed by atoms with E-state index >= 15 is 0 Å². The monoisotopic (exact) mass is 216 g/mol. The maximum absolute atomic E-state index is 11.5. The summed E-state index contributed by atoms with van der Waals surface area (Å²) in [4.78, 5) is 11.5. The summed E-state index contributed by atoms with van der Waals surface area (Å²) in [6, 6.07) is 0. The van der Waals surface area contributed by atoms with E-state index in [1.807, 2.05) is 13.8 Å². The van der Waals surface area contributed by atoms with Crippen molar-refractivity contribution in [1.29, 1.82) is 0 Å². The first-order valence-corrected chi connectivity index (χ1v) is 5.77. The van der Waals surface area contributed by atoms with E-state index in [0.717, 1.165) is 19.3 Å². The number of carbonyl (C=O) groups is 1. The van der Waals surface area contributed by atoms with E-state index in [0.29, 0.717) is 12.8 Å². The molecule has 0 rings (SSSR count). The van der Waals surface area contributed by atoms with Crippen LogP contribution in [0.3, 0.4) is 0 Å². The molecule has 0 heterocycles. The van der Waals surface area contributed by atoms with Crippen LogP contribution in [0.15, 0.2) is 0 Å². The predicted molar refractivity (Wildman–Crippen MR) is 60.6 cm³/mol. The highest BCUT2D eigenvalue weighted by atomic mass is 16.5. The number of ether oxygens (including phenoxy) is 1. The molecule has 0 amide bonds. The molecule has 1 unspecified atom stereocenters. The van der Waals surface area contributed by atoms with Crippen LogP contribution in [0.2, 0.25) is 0 Å². The van der Waals surface area contributed by atoms with E-state index in [-0.39, 0.29) is 5.92 Å². The summed E-state index contributed by atoms with van der Waals surface area (Å²) in [6.45, 7) is 6.08. The van der Waals surface area contributed by atoms with Crippen LogP contribution in [0.4, 0.5) is 0 Å². The van der Waals surface area contributed by atoms with Gasteiger partial charge in [-0.2, -0.15) is 0 Å². The molecule has 0 aromatic carbocycles. The van der Waals surface area contributed by atoms with Crippen molar-refractivity contribution in [3.8, 4) is 0 Å². The standard InChI is InChI=1S/C12H24O3/c1-5-6-7-8-12(14,9-10(2)3)11(13)15-4/h10,14H,5-9H2,1-4H3. The summed E-state index contributed by atoms with van der Waals surface area (Å²) in [6.07, 6.45) is 3.97. The Morgan fingerprint density at radius 2 is 2.00 bits per heavy atom. The summed E-state index contributed by atoms with van der Waals surface area (Å²) in [5.41, 5.74) is -1.28. The molecule has 1 N–H and O–H groups in total. The maximum atomic E-state index is 11.5. The number of esters is 1. The summed E-state index contributed by atoms with van der Waals surface area (Å²) in [7, 11) is 1.33. The van der Waals surface area contributed by atoms with Crippen molar-refractivity contribution in [2.75, 3.05) is 7.11 Å². The van der Waals surface area contributed by atoms with E-state index < -0.39 is 11.6 Å². The van der Waals surface area contributed by atoms with Crippen molar-refractivity contribution < 1.29 is 14.6 Å². The predicted octanol–water partition coefficient (Wildman–Crippen LogP) is 2.52. The molecule has 0 aliphatic heterocycles. The zero-order valence-electron chi connectivity index (χ0n) is 10.4. The van der Waals surface area contributed by atoms with Gasteiger partial charge in [0.15, 0.2) is 5.60 Å². The Morgan fingerprint density at radius 1 is 1.40 bits per heavy atom. The first-order valence-electron chi connectivity index (χ1n) is 5.77. The second-order valence-corrected chi connectivity index (χ2v) is 4.58. The summed E-state index contributed by atoms with van der Waals surface area (Å²) < 4.78 is 4.66. The van der Waals surface area contributed by atoms with Crippen LogP contribution in [0.1, 0.15) is 52.9 Å². The molecule has 0 aliphatic rings. The first-order chi connectivity index (χ1) is 6.96. The van der Waals surface area contributed by atoms with Gasteiger partial charge in [0, 0.05) is 0 Å². The van der Waals surface area contributed by atoms with E-state index in [4.69, 9.17) is 0 Å². The van der Waals surface area contributed by atoms with Gasteiger partial charge in [-0.25, -0.2) is 4.79 Å². The molecular weight excluding hydrogens is 192 g/mol.